The molecule has 1 saturated carbocycles. The minimum atomic E-state index is 0.166. The Hall–Kier alpha value is -1.13. The molecule has 1 aromatic heterocycles. The lowest BCUT2D eigenvalue weighted by atomic mass is 9.83. The first-order valence-corrected chi connectivity index (χ1v) is 5.77. The highest BCUT2D eigenvalue weighted by Crippen LogP contribution is 2.25. The number of ether oxygens (including phenoxy) is 1. The summed E-state index contributed by atoms with van der Waals surface area (Å²) >= 11 is 0. The Balaban J connectivity index is 1.98. The summed E-state index contributed by atoms with van der Waals surface area (Å²) in [5.41, 5.74) is 7.15. The molecule has 0 aromatic carbocycles. The summed E-state index contributed by atoms with van der Waals surface area (Å²) in [7, 11) is 0. The number of aryl methyl sites for hydroxylation is 1. The zero-order valence-electron chi connectivity index (χ0n) is 9.81. The molecule has 3 atom stereocenters. The molecule has 4 nitrogen and oxygen atoms in total. The summed E-state index contributed by atoms with van der Waals surface area (Å²) in [4.78, 5) is 4.27. The van der Waals surface area contributed by atoms with Crippen molar-refractivity contribution >= 4 is 5.82 Å². The first-order valence-electron chi connectivity index (χ1n) is 5.77. The zero-order valence-corrected chi connectivity index (χ0v) is 9.81. The molecular formula is C12H19N3O. The predicted octanol–water partition coefficient (Wildman–Crippen LogP) is 1.31. The Bertz CT molecular complexity index is 354. The van der Waals surface area contributed by atoms with E-state index in [1.54, 1.807) is 6.20 Å². The normalized spacial score (nSPS) is 28.6. The molecule has 88 valence electrons. The van der Waals surface area contributed by atoms with Crippen LogP contribution in [0.1, 0.15) is 18.9 Å². The molecule has 3 N–H and O–H groups in total. The van der Waals surface area contributed by atoms with Crippen LogP contribution in [-0.2, 0) is 4.74 Å². The maximum Gasteiger partial charge on any atom is 0.126 e. The van der Waals surface area contributed by atoms with E-state index in [4.69, 9.17) is 10.5 Å². The van der Waals surface area contributed by atoms with Crippen LogP contribution in [0.25, 0.3) is 0 Å². The molecule has 3 unspecified atom stereocenters. The van der Waals surface area contributed by atoms with Gasteiger partial charge in [-0.25, -0.2) is 4.98 Å². The summed E-state index contributed by atoms with van der Waals surface area (Å²) in [5, 5.41) is 3.34. The number of nitrogens with zero attached hydrogens (tertiary/aromatic N) is 1. The van der Waals surface area contributed by atoms with Crippen LogP contribution in [0.5, 0.6) is 0 Å². The highest BCUT2D eigenvalue weighted by molar-refractivity contribution is 5.40. The summed E-state index contributed by atoms with van der Waals surface area (Å²) < 4.78 is 5.59. The molecule has 1 aliphatic carbocycles. The fourth-order valence-electron chi connectivity index (χ4n) is 2.01. The predicted molar refractivity (Wildman–Crippen MR) is 64.4 cm³/mol. The maximum absolute atomic E-state index is 5.96. The van der Waals surface area contributed by atoms with E-state index in [9.17, 15) is 0 Å². The third-order valence-electron chi connectivity index (χ3n) is 2.98. The molecule has 1 fully saturated rings. The van der Waals surface area contributed by atoms with Gasteiger partial charge in [-0.3, -0.25) is 0 Å². The Kier molecular flexibility index (Phi) is 3.41. The van der Waals surface area contributed by atoms with Gasteiger partial charge in [0.15, 0.2) is 0 Å². The van der Waals surface area contributed by atoms with Gasteiger partial charge in [0.05, 0.1) is 12.1 Å². The lowest BCUT2D eigenvalue weighted by molar-refractivity contribution is -0.0127. The molecule has 1 aliphatic rings. The smallest absolute Gasteiger partial charge is 0.126 e. The van der Waals surface area contributed by atoms with Crippen LogP contribution in [-0.4, -0.2) is 29.8 Å². The summed E-state index contributed by atoms with van der Waals surface area (Å²) in [6.07, 6.45) is 2.96. The summed E-state index contributed by atoms with van der Waals surface area (Å²) in [5.74, 6) is 0.879. The molecule has 1 heterocycles. The molecule has 0 amide bonds. The van der Waals surface area contributed by atoms with Crippen molar-refractivity contribution in [1.29, 1.82) is 0 Å². The SMILES string of the molecule is CCOC1CC(N)C1Nc1cc(C)ccn1. The number of rotatable bonds is 4. The van der Waals surface area contributed by atoms with E-state index in [1.807, 2.05) is 26.0 Å². The maximum atomic E-state index is 5.96. The van der Waals surface area contributed by atoms with E-state index in [1.165, 1.54) is 5.56 Å². The lowest BCUT2D eigenvalue weighted by Gasteiger charge is -2.42. The molecule has 0 spiro atoms. The fourth-order valence-corrected chi connectivity index (χ4v) is 2.01. The molecular weight excluding hydrogens is 202 g/mol. The zero-order chi connectivity index (χ0) is 11.5. The third-order valence-corrected chi connectivity index (χ3v) is 2.98. The van der Waals surface area contributed by atoms with E-state index in [0.29, 0.717) is 0 Å². The third kappa shape index (κ3) is 2.33. The van der Waals surface area contributed by atoms with Gasteiger partial charge in [-0.1, -0.05) is 0 Å². The summed E-state index contributed by atoms with van der Waals surface area (Å²) in [6.45, 7) is 4.79. The van der Waals surface area contributed by atoms with Crippen LogP contribution in [0.2, 0.25) is 0 Å². The van der Waals surface area contributed by atoms with E-state index in [2.05, 4.69) is 10.3 Å². The molecule has 4 heteroatoms. The van der Waals surface area contributed by atoms with Crippen molar-refractivity contribution in [2.45, 2.75) is 38.5 Å². The molecule has 0 aliphatic heterocycles. The molecule has 0 radical (unpaired) electrons. The van der Waals surface area contributed by atoms with Crippen LogP contribution in [0.15, 0.2) is 18.3 Å². The van der Waals surface area contributed by atoms with Crippen LogP contribution >= 0.6 is 0 Å². The second-order valence-electron chi connectivity index (χ2n) is 4.28. The number of pyridine rings is 1. The number of anilines is 1. The minimum absolute atomic E-state index is 0.166. The number of aromatic nitrogens is 1. The monoisotopic (exact) mass is 221 g/mol. The molecule has 0 bridgehead atoms. The second-order valence-corrected chi connectivity index (χ2v) is 4.28. The van der Waals surface area contributed by atoms with Crippen molar-refractivity contribution in [1.82, 2.24) is 4.98 Å². The molecule has 16 heavy (non-hydrogen) atoms. The van der Waals surface area contributed by atoms with Crippen molar-refractivity contribution in [3.05, 3.63) is 23.9 Å². The number of nitrogens with one attached hydrogen (secondary N) is 1. The topological polar surface area (TPSA) is 60.2 Å². The molecule has 1 aromatic rings. The Morgan fingerprint density at radius 1 is 1.62 bits per heavy atom. The molecule has 2 rings (SSSR count). The van der Waals surface area contributed by atoms with Crippen molar-refractivity contribution in [3.8, 4) is 0 Å². The van der Waals surface area contributed by atoms with Crippen molar-refractivity contribution in [3.63, 3.8) is 0 Å². The van der Waals surface area contributed by atoms with Gasteiger partial charge in [-0.05, 0) is 38.0 Å². The Labute approximate surface area is 96.2 Å². The first kappa shape index (κ1) is 11.4. The average Bonchev–Trinajstić information content (AvgIpc) is 2.26. The number of hydrogen-bond donors (Lipinski definition) is 2. The van der Waals surface area contributed by atoms with E-state index in [0.717, 1.165) is 18.8 Å². The van der Waals surface area contributed by atoms with Crippen LogP contribution in [0, 0.1) is 6.92 Å². The Morgan fingerprint density at radius 2 is 2.44 bits per heavy atom. The molecule has 0 saturated heterocycles. The fraction of sp³-hybridized carbons (Fsp3) is 0.583. The van der Waals surface area contributed by atoms with E-state index in [-0.39, 0.29) is 18.2 Å². The summed E-state index contributed by atoms with van der Waals surface area (Å²) in [6, 6.07) is 4.35. The highest BCUT2D eigenvalue weighted by atomic mass is 16.5. The second kappa shape index (κ2) is 4.80. The Morgan fingerprint density at radius 3 is 3.06 bits per heavy atom. The van der Waals surface area contributed by atoms with Crippen molar-refractivity contribution in [2.24, 2.45) is 5.73 Å². The van der Waals surface area contributed by atoms with Gasteiger partial charge in [0, 0.05) is 18.8 Å². The standard InChI is InChI=1S/C12H19N3O/c1-3-16-10-7-9(13)12(10)15-11-6-8(2)4-5-14-11/h4-6,9-10,12H,3,7,13H2,1-2H3,(H,14,15). The van der Waals surface area contributed by atoms with Crippen LogP contribution < -0.4 is 11.1 Å². The van der Waals surface area contributed by atoms with E-state index >= 15 is 0 Å². The highest BCUT2D eigenvalue weighted by Gasteiger charge is 2.39. The minimum Gasteiger partial charge on any atom is -0.376 e. The quantitative estimate of drug-likeness (QED) is 0.804. The van der Waals surface area contributed by atoms with Crippen LogP contribution in [0.3, 0.4) is 0 Å². The van der Waals surface area contributed by atoms with Gasteiger partial charge in [0.25, 0.3) is 0 Å². The van der Waals surface area contributed by atoms with Crippen LogP contribution in [0.4, 0.5) is 5.82 Å². The van der Waals surface area contributed by atoms with Crippen molar-refractivity contribution in [2.75, 3.05) is 11.9 Å². The number of hydrogen-bond acceptors (Lipinski definition) is 4. The van der Waals surface area contributed by atoms with E-state index < -0.39 is 0 Å². The van der Waals surface area contributed by atoms with Crippen molar-refractivity contribution < 1.29 is 4.74 Å². The van der Waals surface area contributed by atoms with Gasteiger partial charge < -0.3 is 15.8 Å². The average molecular weight is 221 g/mol. The first-order chi connectivity index (χ1) is 7.70. The van der Waals surface area contributed by atoms with Gasteiger partial charge in [0.1, 0.15) is 5.82 Å². The van der Waals surface area contributed by atoms with Gasteiger partial charge in [-0.2, -0.15) is 0 Å². The van der Waals surface area contributed by atoms with Gasteiger partial charge >= 0.3 is 0 Å². The lowest BCUT2D eigenvalue weighted by Crippen LogP contribution is -2.60. The van der Waals surface area contributed by atoms with Gasteiger partial charge in [-0.15, -0.1) is 0 Å². The van der Waals surface area contributed by atoms with Gasteiger partial charge in [0.2, 0.25) is 0 Å². The number of nitrogens with two attached hydrogens (primary N) is 1. The largest absolute Gasteiger partial charge is 0.376 e.